The molecule has 0 fully saturated rings. The summed E-state index contributed by atoms with van der Waals surface area (Å²) >= 11 is 0. The van der Waals surface area contributed by atoms with Crippen molar-refractivity contribution < 1.29 is 0 Å². The molecule has 1 atom stereocenters. The van der Waals surface area contributed by atoms with E-state index >= 15 is 0 Å². The van der Waals surface area contributed by atoms with Crippen LogP contribution in [0.1, 0.15) is 32.8 Å². The second kappa shape index (κ2) is 7.57. The Bertz CT molecular complexity index is 438. The van der Waals surface area contributed by atoms with E-state index in [1.807, 2.05) is 18.9 Å². The van der Waals surface area contributed by atoms with Gasteiger partial charge in [0.25, 0.3) is 0 Å². The predicted octanol–water partition coefficient (Wildman–Crippen LogP) is 2.46. The van der Waals surface area contributed by atoms with Gasteiger partial charge >= 0.3 is 0 Å². The fourth-order valence-electron chi connectivity index (χ4n) is 2.07. The van der Waals surface area contributed by atoms with Crippen LogP contribution in [-0.4, -0.2) is 30.1 Å². The molecule has 1 N–H and O–H groups in total. The molecule has 0 bridgehead atoms. The second-order valence-electron chi connectivity index (χ2n) is 4.72. The maximum Gasteiger partial charge on any atom is 0.137 e. The zero-order chi connectivity index (χ0) is 14.3. The van der Waals surface area contributed by atoms with Gasteiger partial charge in [-0.05, 0) is 20.3 Å². The molecule has 1 aromatic rings. The van der Waals surface area contributed by atoms with E-state index in [4.69, 9.17) is 5.26 Å². The standard InChI is InChI=1S/C14H23N5/c1-5-7-12-13(16-6-2)17-10-18-14(12)19(4)9-11(3)8-15/h10-11H,5-7,9H2,1-4H3,(H,16,17,18). The fourth-order valence-corrected chi connectivity index (χ4v) is 2.07. The first kappa shape index (κ1) is 15.2. The minimum Gasteiger partial charge on any atom is -0.370 e. The largest absolute Gasteiger partial charge is 0.370 e. The highest BCUT2D eigenvalue weighted by molar-refractivity contribution is 5.58. The molecule has 104 valence electrons. The van der Waals surface area contributed by atoms with Crippen LogP contribution in [0, 0.1) is 17.2 Å². The van der Waals surface area contributed by atoms with Crippen molar-refractivity contribution in [2.45, 2.75) is 33.6 Å². The Morgan fingerprint density at radius 2 is 2.16 bits per heavy atom. The van der Waals surface area contributed by atoms with Crippen LogP contribution in [0.3, 0.4) is 0 Å². The molecule has 0 aliphatic heterocycles. The third-order valence-electron chi connectivity index (χ3n) is 2.90. The third kappa shape index (κ3) is 4.09. The van der Waals surface area contributed by atoms with Gasteiger partial charge in [0.15, 0.2) is 0 Å². The molecule has 0 aromatic carbocycles. The first-order chi connectivity index (χ1) is 9.13. The highest BCUT2D eigenvalue weighted by Gasteiger charge is 2.15. The molecule has 1 rings (SSSR count). The van der Waals surface area contributed by atoms with Crippen LogP contribution in [0.15, 0.2) is 6.33 Å². The lowest BCUT2D eigenvalue weighted by atomic mass is 10.1. The van der Waals surface area contributed by atoms with Crippen LogP contribution >= 0.6 is 0 Å². The number of nitrogens with one attached hydrogen (secondary N) is 1. The predicted molar refractivity (Wildman–Crippen MR) is 78.2 cm³/mol. The van der Waals surface area contributed by atoms with E-state index in [1.165, 1.54) is 0 Å². The molecule has 0 aliphatic carbocycles. The molecule has 1 heterocycles. The van der Waals surface area contributed by atoms with E-state index in [0.717, 1.165) is 36.6 Å². The molecule has 5 heteroatoms. The molecule has 1 unspecified atom stereocenters. The lowest BCUT2D eigenvalue weighted by Gasteiger charge is -2.23. The van der Waals surface area contributed by atoms with Gasteiger partial charge in [-0.1, -0.05) is 13.3 Å². The Labute approximate surface area is 115 Å². The van der Waals surface area contributed by atoms with E-state index in [2.05, 4.69) is 35.2 Å². The topological polar surface area (TPSA) is 64.8 Å². The molecular weight excluding hydrogens is 238 g/mol. The molecule has 0 amide bonds. The van der Waals surface area contributed by atoms with Crippen LogP contribution in [0.25, 0.3) is 0 Å². The molecule has 0 radical (unpaired) electrons. The molecule has 19 heavy (non-hydrogen) atoms. The number of hydrogen-bond donors (Lipinski definition) is 1. The quantitative estimate of drug-likeness (QED) is 0.816. The van der Waals surface area contributed by atoms with Gasteiger partial charge in [-0.2, -0.15) is 5.26 Å². The number of anilines is 2. The summed E-state index contributed by atoms with van der Waals surface area (Å²) in [5, 5.41) is 12.2. The van der Waals surface area contributed by atoms with Gasteiger partial charge in [0.1, 0.15) is 18.0 Å². The summed E-state index contributed by atoms with van der Waals surface area (Å²) in [6.45, 7) is 7.63. The van der Waals surface area contributed by atoms with Crippen molar-refractivity contribution in [3.05, 3.63) is 11.9 Å². The smallest absolute Gasteiger partial charge is 0.137 e. The Kier molecular flexibility index (Phi) is 6.07. The highest BCUT2D eigenvalue weighted by atomic mass is 15.2. The lowest BCUT2D eigenvalue weighted by molar-refractivity contribution is 0.704. The monoisotopic (exact) mass is 261 g/mol. The van der Waals surface area contributed by atoms with Crippen molar-refractivity contribution in [1.29, 1.82) is 5.26 Å². The molecule has 0 saturated carbocycles. The van der Waals surface area contributed by atoms with Gasteiger partial charge < -0.3 is 10.2 Å². The van der Waals surface area contributed by atoms with Crippen molar-refractivity contribution in [2.75, 3.05) is 30.4 Å². The first-order valence-electron chi connectivity index (χ1n) is 6.82. The Balaban J connectivity index is 3.04. The van der Waals surface area contributed by atoms with Crippen molar-refractivity contribution in [3.8, 4) is 6.07 Å². The van der Waals surface area contributed by atoms with E-state index in [0.29, 0.717) is 6.54 Å². The van der Waals surface area contributed by atoms with Crippen LogP contribution in [-0.2, 0) is 6.42 Å². The van der Waals surface area contributed by atoms with Gasteiger partial charge in [-0.25, -0.2) is 9.97 Å². The maximum absolute atomic E-state index is 8.92. The highest BCUT2D eigenvalue weighted by Crippen LogP contribution is 2.24. The van der Waals surface area contributed by atoms with Crippen LogP contribution in [0.4, 0.5) is 11.6 Å². The van der Waals surface area contributed by atoms with Crippen LogP contribution in [0.2, 0.25) is 0 Å². The minimum atomic E-state index is -0.0166. The summed E-state index contributed by atoms with van der Waals surface area (Å²) in [7, 11) is 1.98. The van der Waals surface area contributed by atoms with E-state index in [9.17, 15) is 0 Å². The average Bonchev–Trinajstić information content (AvgIpc) is 2.40. The number of nitrogens with zero attached hydrogens (tertiary/aromatic N) is 4. The number of hydrogen-bond acceptors (Lipinski definition) is 5. The third-order valence-corrected chi connectivity index (χ3v) is 2.90. The Morgan fingerprint density at radius 3 is 2.74 bits per heavy atom. The van der Waals surface area contributed by atoms with Crippen molar-refractivity contribution in [3.63, 3.8) is 0 Å². The van der Waals surface area contributed by atoms with Crippen molar-refractivity contribution >= 4 is 11.6 Å². The molecule has 0 spiro atoms. The van der Waals surface area contributed by atoms with E-state index in [1.54, 1.807) is 6.33 Å². The average molecular weight is 261 g/mol. The summed E-state index contributed by atoms with van der Waals surface area (Å²) in [6.07, 6.45) is 3.56. The number of aromatic nitrogens is 2. The lowest BCUT2D eigenvalue weighted by Crippen LogP contribution is -2.26. The number of nitriles is 1. The summed E-state index contributed by atoms with van der Waals surface area (Å²) in [6, 6.07) is 2.26. The molecular formula is C14H23N5. The zero-order valence-electron chi connectivity index (χ0n) is 12.3. The van der Waals surface area contributed by atoms with Crippen LogP contribution < -0.4 is 10.2 Å². The van der Waals surface area contributed by atoms with Gasteiger partial charge in [-0.3, -0.25) is 0 Å². The maximum atomic E-state index is 8.92. The van der Waals surface area contributed by atoms with E-state index < -0.39 is 0 Å². The summed E-state index contributed by atoms with van der Waals surface area (Å²) in [5.74, 6) is 1.82. The van der Waals surface area contributed by atoms with Gasteiger partial charge in [-0.15, -0.1) is 0 Å². The number of rotatable bonds is 7. The minimum absolute atomic E-state index is 0.0166. The van der Waals surface area contributed by atoms with Crippen LogP contribution in [0.5, 0.6) is 0 Å². The van der Waals surface area contributed by atoms with Gasteiger partial charge in [0.05, 0.1) is 12.0 Å². The summed E-state index contributed by atoms with van der Waals surface area (Å²) in [4.78, 5) is 10.8. The van der Waals surface area contributed by atoms with Crippen molar-refractivity contribution in [2.24, 2.45) is 5.92 Å². The Hall–Kier alpha value is -1.83. The normalized spacial score (nSPS) is 11.7. The van der Waals surface area contributed by atoms with Gasteiger partial charge in [0.2, 0.25) is 0 Å². The Morgan fingerprint density at radius 1 is 1.42 bits per heavy atom. The zero-order valence-corrected chi connectivity index (χ0v) is 12.3. The molecule has 0 aliphatic rings. The summed E-state index contributed by atoms with van der Waals surface area (Å²) in [5.41, 5.74) is 1.14. The molecule has 1 aromatic heterocycles. The molecule has 5 nitrogen and oxygen atoms in total. The fraction of sp³-hybridized carbons (Fsp3) is 0.643. The summed E-state index contributed by atoms with van der Waals surface area (Å²) < 4.78 is 0. The van der Waals surface area contributed by atoms with Crippen molar-refractivity contribution in [1.82, 2.24) is 9.97 Å². The first-order valence-corrected chi connectivity index (χ1v) is 6.82. The second-order valence-corrected chi connectivity index (χ2v) is 4.72. The van der Waals surface area contributed by atoms with Gasteiger partial charge in [0, 0.05) is 25.7 Å². The SMILES string of the molecule is CCCc1c(NCC)ncnc1N(C)CC(C)C#N. The molecule has 0 saturated heterocycles. The van der Waals surface area contributed by atoms with E-state index in [-0.39, 0.29) is 5.92 Å².